The number of pyridine rings is 1. The van der Waals surface area contributed by atoms with Crippen molar-refractivity contribution in [3.05, 3.63) is 57.8 Å². The molecule has 2 amide bonds. The molecule has 2 N–H and O–H groups in total. The molecular formula is C16H15Cl2N3O2. The molecule has 1 aromatic heterocycles. The Labute approximate surface area is 144 Å². The Morgan fingerprint density at radius 1 is 1.09 bits per heavy atom. The third-order valence-corrected chi connectivity index (χ3v) is 3.42. The summed E-state index contributed by atoms with van der Waals surface area (Å²) in [5, 5.41) is 6.13. The molecule has 0 saturated heterocycles. The highest BCUT2D eigenvalue weighted by Gasteiger charge is 2.13. The quantitative estimate of drug-likeness (QED) is 0.880. The van der Waals surface area contributed by atoms with Gasteiger partial charge in [-0.25, -0.2) is 0 Å². The van der Waals surface area contributed by atoms with Crippen molar-refractivity contribution in [2.24, 2.45) is 0 Å². The van der Waals surface area contributed by atoms with Crippen LogP contribution in [0.4, 0.5) is 5.69 Å². The van der Waals surface area contributed by atoms with E-state index in [1.165, 1.54) is 18.3 Å². The van der Waals surface area contributed by atoms with Crippen LogP contribution in [0.25, 0.3) is 0 Å². The molecule has 0 bridgehead atoms. The lowest BCUT2D eigenvalue weighted by Gasteiger charge is -2.11. The highest BCUT2D eigenvalue weighted by Crippen LogP contribution is 2.24. The van der Waals surface area contributed by atoms with E-state index in [-0.39, 0.29) is 17.6 Å². The molecule has 0 radical (unpaired) electrons. The van der Waals surface area contributed by atoms with E-state index in [9.17, 15) is 9.59 Å². The van der Waals surface area contributed by atoms with Gasteiger partial charge in [-0.05, 0) is 44.2 Å². The lowest BCUT2D eigenvalue weighted by Crippen LogP contribution is -2.30. The van der Waals surface area contributed by atoms with Crippen molar-refractivity contribution in [1.29, 1.82) is 0 Å². The Morgan fingerprint density at radius 2 is 1.83 bits per heavy atom. The van der Waals surface area contributed by atoms with Gasteiger partial charge in [0.1, 0.15) is 5.69 Å². The highest BCUT2D eigenvalue weighted by atomic mass is 35.5. The molecule has 120 valence electrons. The summed E-state index contributed by atoms with van der Waals surface area (Å²) in [5.74, 6) is -0.705. The first-order valence-electron chi connectivity index (χ1n) is 6.90. The summed E-state index contributed by atoms with van der Waals surface area (Å²) in [6.45, 7) is 3.72. The van der Waals surface area contributed by atoms with Crippen LogP contribution < -0.4 is 10.6 Å². The first-order chi connectivity index (χ1) is 10.9. The summed E-state index contributed by atoms with van der Waals surface area (Å²) in [4.78, 5) is 28.2. The number of benzene rings is 1. The van der Waals surface area contributed by atoms with Gasteiger partial charge in [0.25, 0.3) is 11.8 Å². The standard InChI is InChI=1S/C16H15Cl2N3O2/c1-9(2)20-15(22)10-3-4-12(18)13(7-10)21-16(23)14-8-11(17)5-6-19-14/h3-9H,1-2H3,(H,20,22)(H,21,23). The summed E-state index contributed by atoms with van der Waals surface area (Å²) in [6, 6.07) is 7.68. The van der Waals surface area contributed by atoms with Crippen LogP contribution in [0, 0.1) is 0 Å². The first kappa shape index (κ1) is 17.2. The summed E-state index contributed by atoms with van der Waals surface area (Å²) < 4.78 is 0. The minimum Gasteiger partial charge on any atom is -0.350 e. The molecule has 1 aromatic carbocycles. The molecule has 1 heterocycles. The maximum absolute atomic E-state index is 12.2. The molecule has 0 aliphatic rings. The van der Waals surface area contributed by atoms with Gasteiger partial charge in [0.15, 0.2) is 0 Å². The second kappa shape index (κ2) is 7.44. The first-order valence-corrected chi connectivity index (χ1v) is 7.65. The molecule has 0 saturated carbocycles. The Morgan fingerprint density at radius 3 is 2.48 bits per heavy atom. The third-order valence-electron chi connectivity index (χ3n) is 2.85. The number of nitrogens with one attached hydrogen (secondary N) is 2. The number of rotatable bonds is 4. The average Bonchev–Trinajstić information content (AvgIpc) is 2.48. The van der Waals surface area contributed by atoms with Crippen LogP contribution in [0.2, 0.25) is 10.0 Å². The minimum atomic E-state index is -0.462. The van der Waals surface area contributed by atoms with Gasteiger partial charge in [-0.3, -0.25) is 14.6 Å². The number of anilines is 1. The van der Waals surface area contributed by atoms with E-state index in [4.69, 9.17) is 23.2 Å². The number of amides is 2. The van der Waals surface area contributed by atoms with Crippen LogP contribution >= 0.6 is 23.2 Å². The van der Waals surface area contributed by atoms with E-state index >= 15 is 0 Å². The maximum Gasteiger partial charge on any atom is 0.274 e. The summed E-state index contributed by atoms with van der Waals surface area (Å²) >= 11 is 11.9. The fourth-order valence-electron chi connectivity index (χ4n) is 1.82. The van der Waals surface area contributed by atoms with Crippen molar-refractivity contribution in [2.45, 2.75) is 19.9 Å². The van der Waals surface area contributed by atoms with Gasteiger partial charge in [-0.15, -0.1) is 0 Å². The molecule has 7 heteroatoms. The van der Waals surface area contributed by atoms with Gasteiger partial charge >= 0.3 is 0 Å². The molecule has 5 nitrogen and oxygen atoms in total. The van der Waals surface area contributed by atoms with E-state index in [2.05, 4.69) is 15.6 Å². The van der Waals surface area contributed by atoms with Crippen molar-refractivity contribution in [1.82, 2.24) is 10.3 Å². The van der Waals surface area contributed by atoms with Crippen LogP contribution in [0.15, 0.2) is 36.5 Å². The third kappa shape index (κ3) is 4.68. The average molecular weight is 352 g/mol. The molecular weight excluding hydrogens is 337 g/mol. The Bertz CT molecular complexity index is 748. The largest absolute Gasteiger partial charge is 0.350 e. The number of nitrogens with zero attached hydrogens (tertiary/aromatic N) is 1. The zero-order valence-corrected chi connectivity index (χ0v) is 14.1. The lowest BCUT2D eigenvalue weighted by atomic mass is 10.1. The molecule has 0 unspecified atom stereocenters. The summed E-state index contributed by atoms with van der Waals surface area (Å²) in [6.07, 6.45) is 1.44. The van der Waals surface area contributed by atoms with Crippen molar-refractivity contribution in [2.75, 3.05) is 5.32 Å². The van der Waals surface area contributed by atoms with Gasteiger partial charge in [-0.2, -0.15) is 0 Å². The maximum atomic E-state index is 12.2. The number of aromatic nitrogens is 1. The highest BCUT2D eigenvalue weighted by molar-refractivity contribution is 6.34. The normalized spacial score (nSPS) is 10.5. The predicted octanol–water partition coefficient (Wildman–Crippen LogP) is 3.78. The number of hydrogen-bond acceptors (Lipinski definition) is 3. The molecule has 2 rings (SSSR count). The fraction of sp³-hybridized carbons (Fsp3) is 0.188. The number of hydrogen-bond donors (Lipinski definition) is 2. The molecule has 0 atom stereocenters. The molecule has 23 heavy (non-hydrogen) atoms. The Kier molecular flexibility index (Phi) is 5.58. The van der Waals surface area contributed by atoms with Gasteiger partial charge in [0.2, 0.25) is 0 Å². The van der Waals surface area contributed by atoms with Crippen molar-refractivity contribution in [3.63, 3.8) is 0 Å². The van der Waals surface area contributed by atoms with Crippen LogP contribution in [0.5, 0.6) is 0 Å². The monoisotopic (exact) mass is 351 g/mol. The predicted molar refractivity (Wildman–Crippen MR) is 91.3 cm³/mol. The molecule has 0 aliphatic carbocycles. The Hall–Kier alpha value is -2.11. The molecule has 0 fully saturated rings. The van der Waals surface area contributed by atoms with Gasteiger partial charge in [-0.1, -0.05) is 23.2 Å². The lowest BCUT2D eigenvalue weighted by molar-refractivity contribution is 0.0941. The van der Waals surface area contributed by atoms with E-state index < -0.39 is 5.91 Å². The van der Waals surface area contributed by atoms with Gasteiger partial charge in [0, 0.05) is 22.8 Å². The zero-order valence-electron chi connectivity index (χ0n) is 12.6. The second-order valence-electron chi connectivity index (χ2n) is 5.14. The van der Waals surface area contributed by atoms with Crippen LogP contribution in [-0.4, -0.2) is 22.8 Å². The van der Waals surface area contributed by atoms with E-state index in [1.807, 2.05) is 13.8 Å². The minimum absolute atomic E-state index is 0.00637. The van der Waals surface area contributed by atoms with E-state index in [0.29, 0.717) is 21.3 Å². The van der Waals surface area contributed by atoms with E-state index in [1.54, 1.807) is 18.2 Å². The number of halogens is 2. The van der Waals surface area contributed by atoms with E-state index in [0.717, 1.165) is 0 Å². The van der Waals surface area contributed by atoms with Crippen LogP contribution in [0.3, 0.4) is 0 Å². The second-order valence-corrected chi connectivity index (χ2v) is 5.98. The topological polar surface area (TPSA) is 71.1 Å². The molecule has 2 aromatic rings. The summed E-state index contributed by atoms with van der Waals surface area (Å²) in [7, 11) is 0. The summed E-state index contributed by atoms with van der Waals surface area (Å²) in [5.41, 5.74) is 0.887. The van der Waals surface area contributed by atoms with Crippen LogP contribution in [0.1, 0.15) is 34.7 Å². The number of carbonyl (C=O) groups excluding carboxylic acids is 2. The SMILES string of the molecule is CC(C)NC(=O)c1ccc(Cl)c(NC(=O)c2cc(Cl)ccn2)c1. The zero-order chi connectivity index (χ0) is 17.0. The van der Waals surface area contributed by atoms with Crippen molar-refractivity contribution < 1.29 is 9.59 Å². The van der Waals surface area contributed by atoms with Gasteiger partial charge < -0.3 is 10.6 Å². The number of carbonyl (C=O) groups is 2. The van der Waals surface area contributed by atoms with Gasteiger partial charge in [0.05, 0.1) is 10.7 Å². The molecule has 0 aliphatic heterocycles. The van der Waals surface area contributed by atoms with Crippen molar-refractivity contribution in [3.8, 4) is 0 Å². The Balaban J connectivity index is 2.22. The fourth-order valence-corrected chi connectivity index (χ4v) is 2.15. The molecule has 0 spiro atoms. The van der Waals surface area contributed by atoms with Crippen LogP contribution in [-0.2, 0) is 0 Å². The van der Waals surface area contributed by atoms with Crippen molar-refractivity contribution >= 4 is 40.7 Å². The smallest absolute Gasteiger partial charge is 0.274 e.